The van der Waals surface area contributed by atoms with E-state index in [1.807, 2.05) is 0 Å². The van der Waals surface area contributed by atoms with Gasteiger partial charge in [0, 0.05) is 0 Å². The van der Waals surface area contributed by atoms with Gasteiger partial charge in [0.25, 0.3) is 0 Å². The van der Waals surface area contributed by atoms with Gasteiger partial charge in [0.1, 0.15) is 19.4 Å². The number of carbonyl (C=O) groups excluding carboxylic acids is 1. The van der Waals surface area contributed by atoms with E-state index < -0.39 is 33.0 Å². The number of ether oxygens (including phenoxy) is 1. The van der Waals surface area contributed by atoms with Crippen LogP contribution in [0.2, 0.25) is 0 Å². The predicted octanol–water partition coefficient (Wildman–Crippen LogP) is -0.323. The molecule has 0 unspecified atom stereocenters. The highest BCUT2D eigenvalue weighted by Gasteiger charge is 2.19. The summed E-state index contributed by atoms with van der Waals surface area (Å²) in [6.07, 6.45) is -0.993. The van der Waals surface area contributed by atoms with Gasteiger partial charge in [-0.1, -0.05) is 0 Å². The third kappa shape index (κ3) is 7.45. The highest BCUT2D eigenvalue weighted by molar-refractivity contribution is 7.52. The van der Waals surface area contributed by atoms with E-state index in [0.717, 1.165) is 0 Å². The summed E-state index contributed by atoms with van der Waals surface area (Å²) in [5, 5.41) is 0. The Morgan fingerprint density at radius 1 is 1.55 bits per heavy atom. The van der Waals surface area contributed by atoms with Crippen LogP contribution in [0, 0.1) is 0 Å². The second kappa shape index (κ2) is 4.43. The third-order valence-electron chi connectivity index (χ3n) is 0.675. The van der Waals surface area contributed by atoms with Crippen LogP contribution in [0.15, 0.2) is 0 Å². The lowest BCUT2D eigenvalue weighted by Gasteiger charge is -2.02. The zero-order chi connectivity index (χ0) is 8.91. The second-order valence-electron chi connectivity index (χ2n) is 1.73. The summed E-state index contributed by atoms with van der Waals surface area (Å²) in [6.45, 7) is -1.31. The molecule has 0 amide bonds. The summed E-state index contributed by atoms with van der Waals surface area (Å²) in [4.78, 5) is 26.7. The first-order valence-electron chi connectivity index (χ1n) is 2.72. The number of halogens is 1. The molecular formula is C4H8FO5P. The van der Waals surface area contributed by atoms with E-state index >= 15 is 0 Å². The Hall–Kier alpha value is -0.450. The van der Waals surface area contributed by atoms with Gasteiger partial charge in [-0.05, 0) is 0 Å². The molecule has 0 aromatic carbocycles. The summed E-state index contributed by atoms with van der Waals surface area (Å²) in [5.74, 6) is -1.09. The number of alkyl halides is 1. The first-order chi connectivity index (χ1) is 4.95. The van der Waals surface area contributed by atoms with Gasteiger partial charge in [-0.3, -0.25) is 9.36 Å². The molecule has 0 saturated carbocycles. The molecule has 0 aliphatic rings. The number of hydrogen-bond acceptors (Lipinski definition) is 3. The lowest BCUT2D eigenvalue weighted by Crippen LogP contribution is -2.11. The molecule has 66 valence electrons. The van der Waals surface area contributed by atoms with E-state index in [4.69, 9.17) is 9.79 Å². The molecule has 11 heavy (non-hydrogen) atoms. The van der Waals surface area contributed by atoms with Crippen LogP contribution in [0.4, 0.5) is 4.39 Å². The first-order valence-corrected chi connectivity index (χ1v) is 4.51. The number of esters is 1. The van der Waals surface area contributed by atoms with Gasteiger partial charge in [0.15, 0.2) is 0 Å². The van der Waals surface area contributed by atoms with E-state index in [2.05, 4.69) is 4.74 Å². The summed E-state index contributed by atoms with van der Waals surface area (Å²) in [6, 6.07) is 0. The number of rotatable bonds is 4. The van der Waals surface area contributed by atoms with Gasteiger partial charge in [0.2, 0.25) is 0 Å². The Kier molecular flexibility index (Phi) is 4.25. The lowest BCUT2D eigenvalue weighted by molar-refractivity contribution is -0.141. The zero-order valence-electron chi connectivity index (χ0n) is 5.57. The summed E-state index contributed by atoms with van der Waals surface area (Å²) in [5.41, 5.74) is 0. The smallest absolute Gasteiger partial charge is 0.336 e. The maximum Gasteiger partial charge on any atom is 0.336 e. The summed E-state index contributed by atoms with van der Waals surface area (Å²) >= 11 is 0. The monoisotopic (exact) mass is 186 g/mol. The van der Waals surface area contributed by atoms with Crippen molar-refractivity contribution in [2.75, 3.05) is 19.4 Å². The average molecular weight is 186 g/mol. The fraction of sp³-hybridized carbons (Fsp3) is 0.750. The molecule has 0 spiro atoms. The summed E-state index contributed by atoms with van der Waals surface area (Å²) < 4.78 is 25.5. The van der Waals surface area contributed by atoms with E-state index in [0.29, 0.717) is 0 Å². The topological polar surface area (TPSA) is 83.8 Å². The van der Waals surface area contributed by atoms with Crippen LogP contribution in [-0.4, -0.2) is 35.2 Å². The Morgan fingerprint density at radius 3 is 2.45 bits per heavy atom. The van der Waals surface area contributed by atoms with Crippen LogP contribution >= 0.6 is 7.60 Å². The van der Waals surface area contributed by atoms with E-state index in [9.17, 15) is 13.8 Å². The van der Waals surface area contributed by atoms with E-state index in [1.54, 1.807) is 0 Å². The van der Waals surface area contributed by atoms with Crippen LogP contribution in [0.25, 0.3) is 0 Å². The van der Waals surface area contributed by atoms with Crippen molar-refractivity contribution in [3.05, 3.63) is 0 Å². The molecule has 0 aliphatic heterocycles. The molecule has 0 heterocycles. The molecule has 0 aromatic heterocycles. The quantitative estimate of drug-likeness (QED) is 0.464. The van der Waals surface area contributed by atoms with E-state index in [1.165, 1.54) is 0 Å². The van der Waals surface area contributed by atoms with Crippen molar-refractivity contribution in [3.8, 4) is 0 Å². The van der Waals surface area contributed by atoms with Crippen LogP contribution in [0.1, 0.15) is 0 Å². The molecule has 0 radical (unpaired) electrons. The van der Waals surface area contributed by atoms with Crippen LogP contribution < -0.4 is 0 Å². The molecule has 0 atom stereocenters. The Labute approximate surface area is 62.3 Å². The molecule has 2 N–H and O–H groups in total. The Balaban J connectivity index is 3.62. The molecule has 0 fully saturated rings. The number of hydrogen-bond donors (Lipinski definition) is 2. The number of carbonyl (C=O) groups is 1. The van der Waals surface area contributed by atoms with Crippen molar-refractivity contribution < 1.29 is 28.3 Å². The normalized spacial score (nSPS) is 11.2. The molecule has 0 rings (SSSR count). The maximum atomic E-state index is 11.3. The molecule has 0 aromatic rings. The van der Waals surface area contributed by atoms with Crippen molar-refractivity contribution in [1.29, 1.82) is 0 Å². The van der Waals surface area contributed by atoms with Gasteiger partial charge < -0.3 is 14.5 Å². The van der Waals surface area contributed by atoms with Crippen molar-refractivity contribution >= 4 is 13.6 Å². The molecule has 5 nitrogen and oxygen atoms in total. The van der Waals surface area contributed by atoms with E-state index in [-0.39, 0.29) is 0 Å². The fourth-order valence-corrected chi connectivity index (χ4v) is 0.794. The SMILES string of the molecule is O=C(CP(=O)(O)O)OCCF. The van der Waals surface area contributed by atoms with Crippen LogP contribution in [0.5, 0.6) is 0 Å². The highest BCUT2D eigenvalue weighted by atomic mass is 31.2. The zero-order valence-corrected chi connectivity index (χ0v) is 6.46. The minimum Gasteiger partial charge on any atom is -0.462 e. The Bertz CT molecular complexity index is 175. The van der Waals surface area contributed by atoms with Crippen LogP contribution in [0.3, 0.4) is 0 Å². The minimum absolute atomic E-state index is 0.459. The van der Waals surface area contributed by atoms with Gasteiger partial charge in [0.05, 0.1) is 0 Å². The predicted molar refractivity (Wildman–Crippen MR) is 33.8 cm³/mol. The fourth-order valence-electron chi connectivity index (χ4n) is 0.366. The molecule has 7 heteroatoms. The average Bonchev–Trinajstić information content (AvgIpc) is 1.79. The molecule has 0 aliphatic carbocycles. The Morgan fingerprint density at radius 2 is 2.09 bits per heavy atom. The summed E-state index contributed by atoms with van der Waals surface area (Å²) in [7, 11) is -4.36. The van der Waals surface area contributed by atoms with Crippen molar-refractivity contribution in [3.63, 3.8) is 0 Å². The first kappa shape index (κ1) is 10.6. The third-order valence-corrected chi connectivity index (χ3v) is 1.35. The molecule has 0 bridgehead atoms. The minimum atomic E-state index is -4.36. The van der Waals surface area contributed by atoms with Crippen molar-refractivity contribution in [2.45, 2.75) is 0 Å². The second-order valence-corrected chi connectivity index (χ2v) is 3.38. The van der Waals surface area contributed by atoms with Gasteiger partial charge >= 0.3 is 13.6 Å². The van der Waals surface area contributed by atoms with Gasteiger partial charge in [-0.25, -0.2) is 4.39 Å². The molecule has 0 saturated heterocycles. The standard InChI is InChI=1S/C4H8FO5P/c5-1-2-10-4(6)3-11(7,8)9/h1-3H2,(H2,7,8,9). The van der Waals surface area contributed by atoms with Gasteiger partial charge in [-0.2, -0.15) is 0 Å². The highest BCUT2D eigenvalue weighted by Crippen LogP contribution is 2.33. The van der Waals surface area contributed by atoms with Crippen molar-refractivity contribution in [2.24, 2.45) is 0 Å². The van der Waals surface area contributed by atoms with Gasteiger partial charge in [-0.15, -0.1) is 0 Å². The maximum absolute atomic E-state index is 11.3. The van der Waals surface area contributed by atoms with Crippen molar-refractivity contribution in [1.82, 2.24) is 0 Å². The largest absolute Gasteiger partial charge is 0.462 e. The lowest BCUT2D eigenvalue weighted by atomic mass is 10.7. The van der Waals surface area contributed by atoms with Crippen LogP contribution in [-0.2, 0) is 14.1 Å². The molecular weight excluding hydrogens is 178 g/mol.